The minimum Gasteiger partial charge on any atom is -0.771 e. The molecule has 1 aromatic rings. The molecule has 0 radical (unpaired) electrons. The van der Waals surface area contributed by atoms with Gasteiger partial charge in [0.05, 0.1) is 5.37 Å². The number of rotatable bonds is 8. The Morgan fingerprint density at radius 2 is 1.89 bits per heavy atom. The van der Waals surface area contributed by atoms with Crippen LogP contribution in [0.25, 0.3) is 0 Å². The predicted molar refractivity (Wildman–Crippen MR) is 76.3 cm³/mol. The van der Waals surface area contributed by atoms with E-state index in [9.17, 15) is 8.76 Å². The van der Waals surface area contributed by atoms with Crippen LogP contribution in [-0.4, -0.2) is 20.7 Å². The Labute approximate surface area is 112 Å². The molecule has 0 N–H and O–H groups in total. The zero-order chi connectivity index (χ0) is 13.4. The molecule has 0 amide bonds. The molecule has 0 saturated carbocycles. The van der Waals surface area contributed by atoms with E-state index in [0.717, 1.165) is 24.9 Å². The van der Waals surface area contributed by atoms with Crippen LogP contribution < -0.4 is 4.90 Å². The second-order valence-electron chi connectivity index (χ2n) is 4.33. The molecule has 4 heteroatoms. The molecule has 2 unspecified atom stereocenters. The molecule has 0 saturated heterocycles. The van der Waals surface area contributed by atoms with Gasteiger partial charge in [0.15, 0.2) is 0 Å². The molecule has 0 aliphatic carbocycles. The molecule has 1 rings (SSSR count). The lowest BCUT2D eigenvalue weighted by atomic mass is 10.2. The van der Waals surface area contributed by atoms with Crippen LogP contribution in [0, 0.1) is 0 Å². The summed E-state index contributed by atoms with van der Waals surface area (Å²) in [4.78, 5) is 1.96. The number of hydrogen-bond donors (Lipinski definition) is 0. The van der Waals surface area contributed by atoms with Gasteiger partial charge >= 0.3 is 0 Å². The quantitative estimate of drug-likeness (QED) is 0.536. The molecule has 18 heavy (non-hydrogen) atoms. The van der Waals surface area contributed by atoms with E-state index in [1.807, 2.05) is 42.2 Å². The molecule has 0 aromatic heterocycles. The Hall–Kier alpha value is -0.870. The van der Waals surface area contributed by atoms with E-state index in [0.29, 0.717) is 13.0 Å². The maximum atomic E-state index is 11.4. The highest BCUT2D eigenvalue weighted by atomic mass is 32.2. The van der Waals surface area contributed by atoms with Gasteiger partial charge in [-0.2, -0.15) is 0 Å². The Bertz CT molecular complexity index is 356. The van der Waals surface area contributed by atoms with Gasteiger partial charge in [-0.3, -0.25) is 4.21 Å². The Kier molecular flexibility index (Phi) is 6.98. The smallest absolute Gasteiger partial charge is 0.0915 e. The van der Waals surface area contributed by atoms with Crippen LogP contribution in [0.4, 0.5) is 5.69 Å². The van der Waals surface area contributed by atoms with E-state index in [1.165, 1.54) is 0 Å². The van der Waals surface area contributed by atoms with Crippen LogP contribution in [-0.2, 0) is 11.1 Å². The van der Waals surface area contributed by atoms with Crippen LogP contribution in [0.5, 0.6) is 0 Å². The van der Waals surface area contributed by atoms with Gasteiger partial charge in [-0.05, 0) is 36.6 Å². The van der Waals surface area contributed by atoms with Gasteiger partial charge in [0.1, 0.15) is 0 Å². The minimum atomic E-state index is -2.06. The minimum absolute atomic E-state index is 0.413. The molecule has 0 aliphatic heterocycles. The maximum absolute atomic E-state index is 11.4. The highest BCUT2D eigenvalue weighted by molar-refractivity contribution is 7.79. The highest BCUT2D eigenvalue weighted by Crippen LogP contribution is 2.21. The molecule has 3 nitrogen and oxygen atoms in total. The number of hydrogen-bond acceptors (Lipinski definition) is 3. The molecule has 2 atom stereocenters. The molecular weight excluding hydrogens is 246 g/mol. The third kappa shape index (κ3) is 4.42. The summed E-state index contributed by atoms with van der Waals surface area (Å²) in [5.74, 6) is 0. The van der Waals surface area contributed by atoms with Crippen molar-refractivity contribution < 1.29 is 8.76 Å². The van der Waals surface area contributed by atoms with Crippen LogP contribution in [0.3, 0.4) is 0 Å². The summed E-state index contributed by atoms with van der Waals surface area (Å²) >= 11 is -2.06. The first-order valence-corrected chi connectivity index (χ1v) is 7.74. The monoisotopic (exact) mass is 268 g/mol. The molecule has 1 aromatic carbocycles. The van der Waals surface area contributed by atoms with Crippen molar-refractivity contribution >= 4 is 16.8 Å². The van der Waals surface area contributed by atoms with Crippen LogP contribution in [0.15, 0.2) is 30.3 Å². The summed E-state index contributed by atoms with van der Waals surface area (Å²) in [6, 6.07) is 9.74. The fourth-order valence-corrected chi connectivity index (χ4v) is 2.93. The molecule has 0 heterocycles. The average molecular weight is 268 g/mol. The van der Waals surface area contributed by atoms with Crippen LogP contribution in [0.1, 0.15) is 39.5 Å². The number of unbranched alkanes of at least 4 members (excludes halogenated alkanes) is 2. The first-order chi connectivity index (χ1) is 8.70. The van der Waals surface area contributed by atoms with Crippen molar-refractivity contribution in [1.29, 1.82) is 0 Å². The summed E-state index contributed by atoms with van der Waals surface area (Å²) in [6.07, 6.45) is 3.85. The Morgan fingerprint density at radius 1 is 1.22 bits per heavy atom. The van der Waals surface area contributed by atoms with E-state index in [2.05, 4.69) is 6.92 Å². The normalized spacial score (nSPS) is 14.2. The van der Waals surface area contributed by atoms with Gasteiger partial charge in [-0.25, -0.2) is 0 Å². The zero-order valence-electron chi connectivity index (χ0n) is 11.2. The standard InChI is InChI=1S/C14H23NO2S/c1-3-5-7-12-14(18(16)17)15(4-2)13-10-8-6-9-11-13/h6,8-11,14H,3-5,7,12H2,1-2H3,(H,16,17)/p-1. The van der Waals surface area contributed by atoms with Crippen molar-refractivity contribution in [3.05, 3.63) is 30.3 Å². The van der Waals surface area contributed by atoms with Gasteiger partial charge in [-0.15, -0.1) is 0 Å². The van der Waals surface area contributed by atoms with Gasteiger partial charge in [-0.1, -0.05) is 44.4 Å². The number of anilines is 1. The molecule has 0 bridgehead atoms. The average Bonchev–Trinajstić information content (AvgIpc) is 2.39. The van der Waals surface area contributed by atoms with Crippen molar-refractivity contribution in [3.63, 3.8) is 0 Å². The van der Waals surface area contributed by atoms with Gasteiger partial charge in [0, 0.05) is 12.2 Å². The topological polar surface area (TPSA) is 43.4 Å². The first kappa shape index (κ1) is 15.2. The van der Waals surface area contributed by atoms with Crippen LogP contribution in [0.2, 0.25) is 0 Å². The Morgan fingerprint density at radius 3 is 2.39 bits per heavy atom. The lowest BCUT2D eigenvalue weighted by Gasteiger charge is -2.34. The van der Waals surface area contributed by atoms with E-state index in [-0.39, 0.29) is 0 Å². The second kappa shape index (κ2) is 8.27. The maximum Gasteiger partial charge on any atom is 0.0915 e. The summed E-state index contributed by atoms with van der Waals surface area (Å²) in [7, 11) is 0. The van der Waals surface area contributed by atoms with Gasteiger partial charge in [0.2, 0.25) is 0 Å². The summed E-state index contributed by atoms with van der Waals surface area (Å²) in [6.45, 7) is 4.82. The molecule has 0 fully saturated rings. The molecule has 0 spiro atoms. The van der Waals surface area contributed by atoms with Crippen molar-refractivity contribution in [2.75, 3.05) is 11.4 Å². The first-order valence-electron chi connectivity index (χ1n) is 6.60. The Balaban J connectivity index is 2.78. The van der Waals surface area contributed by atoms with Gasteiger partial charge in [0.25, 0.3) is 0 Å². The molecule has 0 aliphatic rings. The summed E-state index contributed by atoms with van der Waals surface area (Å²) < 4.78 is 22.9. The van der Waals surface area contributed by atoms with E-state index >= 15 is 0 Å². The third-order valence-electron chi connectivity index (χ3n) is 3.05. The third-order valence-corrected chi connectivity index (χ3v) is 3.99. The highest BCUT2D eigenvalue weighted by Gasteiger charge is 2.17. The van der Waals surface area contributed by atoms with Crippen molar-refractivity contribution in [1.82, 2.24) is 0 Å². The van der Waals surface area contributed by atoms with Gasteiger partial charge < -0.3 is 9.45 Å². The summed E-state index contributed by atoms with van der Waals surface area (Å²) in [5.41, 5.74) is 0.977. The lowest BCUT2D eigenvalue weighted by molar-refractivity contribution is 0.502. The zero-order valence-corrected chi connectivity index (χ0v) is 12.0. The van der Waals surface area contributed by atoms with Crippen molar-refractivity contribution in [3.8, 4) is 0 Å². The molecule has 102 valence electrons. The predicted octanol–water partition coefficient (Wildman–Crippen LogP) is 3.30. The van der Waals surface area contributed by atoms with E-state index in [1.54, 1.807) is 0 Å². The van der Waals surface area contributed by atoms with Crippen molar-refractivity contribution in [2.24, 2.45) is 0 Å². The number of para-hydroxylation sites is 1. The van der Waals surface area contributed by atoms with E-state index < -0.39 is 16.5 Å². The fourth-order valence-electron chi connectivity index (χ4n) is 2.10. The molecular formula is C14H22NO2S-. The largest absolute Gasteiger partial charge is 0.771 e. The SMILES string of the molecule is CCCCCC(N(CC)c1ccccc1)S(=O)[O-]. The van der Waals surface area contributed by atoms with Crippen molar-refractivity contribution in [2.45, 2.75) is 44.9 Å². The second-order valence-corrected chi connectivity index (χ2v) is 5.40. The fraction of sp³-hybridized carbons (Fsp3) is 0.571. The van der Waals surface area contributed by atoms with E-state index in [4.69, 9.17) is 0 Å². The van der Waals surface area contributed by atoms with Crippen LogP contribution >= 0.6 is 0 Å². The lowest BCUT2D eigenvalue weighted by Crippen LogP contribution is -2.38. The number of benzene rings is 1. The summed E-state index contributed by atoms with van der Waals surface area (Å²) in [5, 5.41) is -0.413. The number of nitrogens with zero attached hydrogens (tertiary/aromatic N) is 1.